The number of nitrogens with two attached hydrogens (primary N) is 4. The first-order valence-electron chi connectivity index (χ1n) is 15.8. The molecule has 2 fully saturated rings. The molecule has 1 amide bonds. The summed E-state index contributed by atoms with van der Waals surface area (Å²) in [6.07, 6.45) is 1.44. The second kappa shape index (κ2) is 13.9. The summed E-state index contributed by atoms with van der Waals surface area (Å²) in [4.78, 5) is 31.5. The van der Waals surface area contributed by atoms with Crippen LogP contribution in [0.25, 0.3) is 0 Å². The highest BCUT2D eigenvalue weighted by atomic mass is 35.5. The zero-order valence-electron chi connectivity index (χ0n) is 26.9. The Kier molecular flexibility index (Phi) is 10.2. The van der Waals surface area contributed by atoms with Crippen molar-refractivity contribution in [2.24, 2.45) is 22.9 Å². The Hall–Kier alpha value is -3.75. The number of anilines is 5. The van der Waals surface area contributed by atoms with Crippen molar-refractivity contribution in [3.8, 4) is 5.75 Å². The number of hydrogen-bond acceptors (Lipinski definition) is 12. The van der Waals surface area contributed by atoms with Crippen LogP contribution in [-0.4, -0.2) is 76.3 Å². The van der Waals surface area contributed by atoms with Gasteiger partial charge < -0.3 is 48.5 Å². The summed E-state index contributed by atoms with van der Waals surface area (Å²) in [6.45, 7) is 10.3. The number of nitrogens with zero attached hydrogens (tertiary/aromatic N) is 5. The molecule has 3 heterocycles. The summed E-state index contributed by atoms with van der Waals surface area (Å²) >= 11 is 6.66. The van der Waals surface area contributed by atoms with Gasteiger partial charge in [0.2, 0.25) is 17.8 Å². The molecule has 2 aromatic carbocycles. The topological polar surface area (TPSA) is 211 Å². The summed E-state index contributed by atoms with van der Waals surface area (Å²) in [7, 11) is 0. The first kappa shape index (κ1) is 33.6. The predicted molar refractivity (Wildman–Crippen MR) is 184 cm³/mol. The molecular formula is C32H46ClN11O2. The third kappa shape index (κ3) is 7.78. The summed E-state index contributed by atoms with van der Waals surface area (Å²) < 4.78 is 0. The lowest BCUT2D eigenvalue weighted by Gasteiger charge is -2.37. The van der Waals surface area contributed by atoms with Gasteiger partial charge in [0, 0.05) is 56.0 Å². The van der Waals surface area contributed by atoms with Crippen molar-refractivity contribution in [1.82, 2.24) is 15.0 Å². The molecule has 248 valence electrons. The van der Waals surface area contributed by atoms with Gasteiger partial charge in [-0.1, -0.05) is 45.4 Å². The van der Waals surface area contributed by atoms with Gasteiger partial charge in [-0.2, -0.15) is 15.0 Å². The molecule has 0 unspecified atom stereocenters. The van der Waals surface area contributed by atoms with Gasteiger partial charge in [0.05, 0.1) is 16.3 Å². The maximum absolute atomic E-state index is 13.4. The number of aromatic hydroxyl groups is 1. The van der Waals surface area contributed by atoms with Gasteiger partial charge in [-0.15, -0.1) is 0 Å². The Balaban J connectivity index is 1.40. The van der Waals surface area contributed by atoms with Gasteiger partial charge in [0.1, 0.15) is 5.75 Å². The van der Waals surface area contributed by atoms with Crippen LogP contribution in [0.3, 0.4) is 0 Å². The van der Waals surface area contributed by atoms with Crippen LogP contribution in [0.15, 0.2) is 30.3 Å². The highest BCUT2D eigenvalue weighted by molar-refractivity contribution is 6.34. The molecule has 0 spiro atoms. The van der Waals surface area contributed by atoms with E-state index in [1.165, 1.54) is 0 Å². The number of rotatable bonds is 8. The smallest absolute Gasteiger partial charge is 0.259 e. The van der Waals surface area contributed by atoms with Crippen molar-refractivity contribution in [2.45, 2.75) is 76.5 Å². The molecule has 3 aromatic rings. The fourth-order valence-corrected chi connectivity index (χ4v) is 6.24. The van der Waals surface area contributed by atoms with Crippen molar-refractivity contribution in [2.75, 3.05) is 46.6 Å². The Bertz CT molecular complexity index is 1510. The van der Waals surface area contributed by atoms with Gasteiger partial charge in [-0.3, -0.25) is 4.79 Å². The van der Waals surface area contributed by atoms with Gasteiger partial charge in [-0.05, 0) is 60.1 Å². The third-order valence-corrected chi connectivity index (χ3v) is 8.69. The Morgan fingerprint density at radius 1 is 0.848 bits per heavy atom. The average Bonchev–Trinajstić information content (AvgIpc) is 2.97. The summed E-state index contributed by atoms with van der Waals surface area (Å²) in [5.74, 6) is 0.940. The Labute approximate surface area is 275 Å². The Morgan fingerprint density at radius 2 is 1.39 bits per heavy atom. The van der Waals surface area contributed by atoms with Crippen LogP contribution in [0.1, 0.15) is 73.9 Å². The van der Waals surface area contributed by atoms with Gasteiger partial charge in [0.25, 0.3) is 5.91 Å². The number of piperidine rings is 2. The van der Waals surface area contributed by atoms with Crippen LogP contribution in [0.4, 0.5) is 29.2 Å². The molecule has 2 saturated heterocycles. The quantitative estimate of drug-likeness (QED) is 0.187. The van der Waals surface area contributed by atoms with Gasteiger partial charge in [-0.25, -0.2) is 0 Å². The number of halogens is 1. The van der Waals surface area contributed by atoms with E-state index in [9.17, 15) is 9.90 Å². The molecule has 0 bridgehead atoms. The molecule has 1 aromatic heterocycles. The van der Waals surface area contributed by atoms with Gasteiger partial charge in [0.15, 0.2) is 0 Å². The number of phenolic OH excluding ortho intramolecular Hbond substituents is 1. The maximum Gasteiger partial charge on any atom is 0.259 e. The molecule has 46 heavy (non-hydrogen) atoms. The largest absolute Gasteiger partial charge is 0.507 e. The number of hydrogen-bond donors (Lipinski definition) is 7. The molecule has 4 atom stereocenters. The number of benzene rings is 2. The number of nitrogens with one attached hydrogen (secondary N) is 2. The first-order valence-corrected chi connectivity index (χ1v) is 16.2. The SMILES string of the molecule is CC(C)c1cc(C(=O)Nc2ccc(Nc3nc(N4C[C@H](N)C[C@H](N)C4)nc(N4C[C@H](N)C[C@H](N)C4)n3)cc2Cl)c(O)c(C(C)C)c1. The van der Waals surface area contributed by atoms with E-state index in [1.807, 2.05) is 43.6 Å². The molecule has 5 rings (SSSR count). The number of aromatic nitrogens is 3. The van der Waals surface area contributed by atoms with Gasteiger partial charge >= 0.3 is 0 Å². The highest BCUT2D eigenvalue weighted by Gasteiger charge is 2.29. The highest BCUT2D eigenvalue weighted by Crippen LogP contribution is 2.35. The van der Waals surface area contributed by atoms with E-state index in [0.29, 0.717) is 55.4 Å². The fourth-order valence-electron chi connectivity index (χ4n) is 6.02. The van der Waals surface area contributed by atoms with E-state index in [4.69, 9.17) is 49.5 Å². The van der Waals surface area contributed by atoms with E-state index in [1.54, 1.807) is 24.3 Å². The third-order valence-electron chi connectivity index (χ3n) is 8.38. The minimum absolute atomic E-state index is 0.0287. The first-order chi connectivity index (χ1) is 21.8. The van der Waals surface area contributed by atoms with E-state index in [2.05, 4.69) is 10.6 Å². The summed E-state index contributed by atoms with van der Waals surface area (Å²) in [6, 6.07) is 8.37. The molecule has 11 N–H and O–H groups in total. The number of phenols is 1. The van der Waals surface area contributed by atoms with E-state index in [0.717, 1.165) is 24.0 Å². The van der Waals surface area contributed by atoms with Crippen molar-refractivity contribution in [1.29, 1.82) is 0 Å². The van der Waals surface area contributed by atoms with Crippen molar-refractivity contribution >= 4 is 46.7 Å². The molecule has 14 heteroatoms. The predicted octanol–water partition coefficient (Wildman–Crippen LogP) is 3.20. The lowest BCUT2D eigenvalue weighted by atomic mass is 9.91. The number of carbonyl (C=O) groups excluding carboxylic acids is 1. The van der Waals surface area contributed by atoms with Crippen LogP contribution < -0.4 is 43.4 Å². The average molecular weight is 652 g/mol. The number of amides is 1. The Morgan fingerprint density at radius 3 is 1.87 bits per heavy atom. The maximum atomic E-state index is 13.4. The molecule has 2 aliphatic rings. The lowest BCUT2D eigenvalue weighted by molar-refractivity contribution is 0.102. The monoisotopic (exact) mass is 651 g/mol. The van der Waals surface area contributed by atoms with E-state index in [-0.39, 0.29) is 52.3 Å². The molecular weight excluding hydrogens is 606 g/mol. The minimum atomic E-state index is -0.452. The molecule has 0 saturated carbocycles. The fraction of sp³-hybridized carbons (Fsp3) is 0.500. The number of carbonyl (C=O) groups is 1. The van der Waals surface area contributed by atoms with Crippen molar-refractivity contribution < 1.29 is 9.90 Å². The second-order valence-corrected chi connectivity index (χ2v) is 13.6. The van der Waals surface area contributed by atoms with Crippen LogP contribution in [0.2, 0.25) is 5.02 Å². The normalized spacial score (nSPS) is 22.0. The van der Waals surface area contributed by atoms with Crippen molar-refractivity contribution in [3.63, 3.8) is 0 Å². The summed E-state index contributed by atoms with van der Waals surface area (Å²) in [5, 5.41) is 17.3. The minimum Gasteiger partial charge on any atom is -0.507 e. The molecule has 2 aliphatic heterocycles. The molecule has 13 nitrogen and oxygen atoms in total. The zero-order chi connectivity index (χ0) is 33.3. The molecule has 0 radical (unpaired) electrons. The van der Waals surface area contributed by atoms with Crippen LogP contribution in [0, 0.1) is 0 Å². The second-order valence-electron chi connectivity index (χ2n) is 13.2. The van der Waals surface area contributed by atoms with E-state index >= 15 is 0 Å². The van der Waals surface area contributed by atoms with Crippen LogP contribution >= 0.6 is 11.6 Å². The lowest BCUT2D eigenvalue weighted by Crippen LogP contribution is -2.54. The van der Waals surface area contributed by atoms with E-state index < -0.39 is 5.91 Å². The zero-order valence-corrected chi connectivity index (χ0v) is 27.6. The van der Waals surface area contributed by atoms with Crippen molar-refractivity contribution in [3.05, 3.63) is 52.0 Å². The standard InChI is InChI=1S/C32H46ClN11O2/c1-16(2)18-7-24(17(3)4)28(45)25(8-18)29(46)39-27-6-5-23(11-26(27)33)38-30-40-31(43-12-19(34)9-20(35)13-43)42-32(41-30)44-14-21(36)10-22(37)15-44/h5-8,11,16-17,19-22,45H,9-10,12-15,34-37H2,1-4H3,(H,39,46)(H,38,40,41,42)/t19-,20+,21-,22+. The van der Waals surface area contributed by atoms with Crippen LogP contribution in [-0.2, 0) is 0 Å². The summed E-state index contributed by atoms with van der Waals surface area (Å²) in [5.41, 5.74) is 28.0. The molecule has 0 aliphatic carbocycles. The van der Waals surface area contributed by atoms with Crippen LogP contribution in [0.5, 0.6) is 5.75 Å².